The van der Waals surface area contributed by atoms with Crippen LogP contribution in [0.3, 0.4) is 0 Å². The van der Waals surface area contributed by atoms with Gasteiger partial charge in [0.1, 0.15) is 0 Å². The molecule has 0 amide bonds. The lowest BCUT2D eigenvalue weighted by molar-refractivity contribution is 0.0915. The van der Waals surface area contributed by atoms with Crippen LogP contribution in [0.1, 0.15) is 33.6 Å². The minimum atomic E-state index is 0.343. The summed E-state index contributed by atoms with van der Waals surface area (Å²) in [5.41, 5.74) is 0.343. The van der Waals surface area contributed by atoms with Crippen molar-refractivity contribution in [1.29, 1.82) is 0 Å². The number of hydrogen-bond acceptors (Lipinski definition) is 2. The molecule has 0 bridgehead atoms. The summed E-state index contributed by atoms with van der Waals surface area (Å²) in [5.74, 6) is 0. The highest BCUT2D eigenvalue weighted by Gasteiger charge is 2.34. The van der Waals surface area contributed by atoms with Crippen molar-refractivity contribution in [3.8, 4) is 0 Å². The van der Waals surface area contributed by atoms with Gasteiger partial charge in [0.2, 0.25) is 0 Å². The molecule has 0 aromatic heterocycles. The van der Waals surface area contributed by atoms with Gasteiger partial charge in [-0.25, -0.2) is 0 Å². The van der Waals surface area contributed by atoms with Crippen molar-refractivity contribution in [1.82, 2.24) is 10.2 Å². The van der Waals surface area contributed by atoms with Gasteiger partial charge in [-0.05, 0) is 19.8 Å². The molecule has 0 saturated carbocycles. The van der Waals surface area contributed by atoms with Gasteiger partial charge in [0.25, 0.3) is 0 Å². The lowest BCUT2D eigenvalue weighted by Crippen LogP contribution is -2.63. The van der Waals surface area contributed by atoms with E-state index >= 15 is 0 Å². The van der Waals surface area contributed by atoms with E-state index in [0.717, 1.165) is 19.6 Å². The van der Waals surface area contributed by atoms with Crippen molar-refractivity contribution in [2.75, 3.05) is 19.6 Å². The van der Waals surface area contributed by atoms with Gasteiger partial charge in [0.15, 0.2) is 0 Å². The van der Waals surface area contributed by atoms with Gasteiger partial charge in [-0.2, -0.15) is 0 Å². The fraction of sp³-hybridized carbons (Fsp3) is 0.833. The lowest BCUT2D eigenvalue weighted by atomic mass is 9.89. The van der Waals surface area contributed by atoms with Crippen molar-refractivity contribution < 1.29 is 0 Å². The van der Waals surface area contributed by atoms with E-state index in [1.807, 2.05) is 6.08 Å². The zero-order chi connectivity index (χ0) is 10.6. The van der Waals surface area contributed by atoms with E-state index in [4.69, 9.17) is 0 Å². The minimum absolute atomic E-state index is 0.343. The molecule has 0 aliphatic carbocycles. The average molecular weight is 196 g/mol. The molecule has 1 fully saturated rings. The molecule has 0 radical (unpaired) electrons. The smallest absolute Gasteiger partial charge is 0.0304 e. The first kappa shape index (κ1) is 11.7. The second-order valence-electron chi connectivity index (χ2n) is 4.44. The molecule has 0 spiro atoms. The first-order chi connectivity index (χ1) is 6.67. The van der Waals surface area contributed by atoms with Crippen LogP contribution in [0.2, 0.25) is 0 Å². The minimum Gasteiger partial charge on any atom is -0.308 e. The number of nitrogens with zero attached hydrogens (tertiary/aromatic N) is 1. The zero-order valence-electron chi connectivity index (χ0n) is 9.84. The summed E-state index contributed by atoms with van der Waals surface area (Å²) >= 11 is 0. The zero-order valence-corrected chi connectivity index (χ0v) is 9.84. The summed E-state index contributed by atoms with van der Waals surface area (Å²) in [7, 11) is 0. The Hall–Kier alpha value is -0.340. The molecule has 82 valence electrons. The van der Waals surface area contributed by atoms with Crippen LogP contribution in [0, 0.1) is 0 Å². The van der Waals surface area contributed by atoms with Crippen molar-refractivity contribution >= 4 is 0 Å². The normalized spacial score (nSPS) is 27.5. The molecule has 1 heterocycles. The molecule has 1 rings (SSSR count). The van der Waals surface area contributed by atoms with Gasteiger partial charge in [0, 0.05) is 31.2 Å². The van der Waals surface area contributed by atoms with E-state index in [9.17, 15) is 0 Å². The summed E-state index contributed by atoms with van der Waals surface area (Å²) in [6, 6.07) is 0.638. The van der Waals surface area contributed by atoms with Crippen LogP contribution in [-0.4, -0.2) is 36.1 Å². The van der Waals surface area contributed by atoms with Crippen LogP contribution in [0.25, 0.3) is 0 Å². The third-order valence-corrected chi connectivity index (χ3v) is 3.62. The number of rotatable bonds is 4. The summed E-state index contributed by atoms with van der Waals surface area (Å²) in [6.07, 6.45) is 4.44. The second kappa shape index (κ2) is 4.94. The van der Waals surface area contributed by atoms with Crippen molar-refractivity contribution in [3.63, 3.8) is 0 Å². The second-order valence-corrected chi connectivity index (χ2v) is 4.44. The van der Waals surface area contributed by atoms with Crippen LogP contribution in [0.5, 0.6) is 0 Å². The van der Waals surface area contributed by atoms with Gasteiger partial charge < -0.3 is 5.32 Å². The van der Waals surface area contributed by atoms with Gasteiger partial charge in [0.05, 0.1) is 0 Å². The molecule has 1 aliphatic rings. The van der Waals surface area contributed by atoms with E-state index in [2.05, 4.69) is 37.6 Å². The Morgan fingerprint density at radius 2 is 2.14 bits per heavy atom. The number of hydrogen-bond donors (Lipinski definition) is 1. The molecule has 2 nitrogen and oxygen atoms in total. The van der Waals surface area contributed by atoms with Crippen molar-refractivity contribution in [2.24, 2.45) is 0 Å². The largest absolute Gasteiger partial charge is 0.308 e. The van der Waals surface area contributed by atoms with Crippen molar-refractivity contribution in [3.05, 3.63) is 12.7 Å². The van der Waals surface area contributed by atoms with Gasteiger partial charge >= 0.3 is 0 Å². The summed E-state index contributed by atoms with van der Waals surface area (Å²) in [6.45, 7) is 13.9. The van der Waals surface area contributed by atoms with Crippen molar-refractivity contribution in [2.45, 2.75) is 45.2 Å². The van der Waals surface area contributed by atoms with Crippen LogP contribution in [-0.2, 0) is 0 Å². The highest BCUT2D eigenvalue weighted by molar-refractivity contribution is 4.96. The highest BCUT2D eigenvalue weighted by atomic mass is 15.2. The Balaban J connectivity index is 2.63. The number of piperazine rings is 1. The molecule has 0 aromatic carbocycles. The van der Waals surface area contributed by atoms with Gasteiger partial charge in [-0.15, -0.1) is 6.58 Å². The third kappa shape index (κ3) is 2.37. The summed E-state index contributed by atoms with van der Waals surface area (Å²) < 4.78 is 0. The Bertz CT molecular complexity index is 185. The fourth-order valence-corrected chi connectivity index (χ4v) is 2.23. The Kier molecular flexibility index (Phi) is 4.14. The van der Waals surface area contributed by atoms with E-state index in [0.29, 0.717) is 11.6 Å². The first-order valence-electron chi connectivity index (χ1n) is 5.77. The Morgan fingerprint density at radius 1 is 1.50 bits per heavy atom. The molecule has 1 saturated heterocycles. The topological polar surface area (TPSA) is 15.3 Å². The van der Waals surface area contributed by atoms with Gasteiger partial charge in [-0.1, -0.05) is 19.9 Å². The summed E-state index contributed by atoms with van der Waals surface area (Å²) in [4.78, 5) is 2.52. The maximum absolute atomic E-state index is 3.83. The quantitative estimate of drug-likeness (QED) is 0.692. The molecule has 2 heteroatoms. The lowest BCUT2D eigenvalue weighted by Gasteiger charge is -2.46. The molecule has 14 heavy (non-hydrogen) atoms. The third-order valence-electron chi connectivity index (χ3n) is 3.62. The van der Waals surface area contributed by atoms with Crippen LogP contribution in [0.4, 0.5) is 0 Å². The van der Waals surface area contributed by atoms with Gasteiger partial charge in [-0.3, -0.25) is 4.90 Å². The van der Waals surface area contributed by atoms with Crippen LogP contribution < -0.4 is 5.32 Å². The molecule has 1 unspecified atom stereocenters. The Labute approximate surface area is 88.4 Å². The maximum Gasteiger partial charge on any atom is 0.0304 e. The molecule has 1 N–H and O–H groups in total. The maximum atomic E-state index is 3.83. The Morgan fingerprint density at radius 3 is 2.64 bits per heavy atom. The van der Waals surface area contributed by atoms with E-state index in [1.54, 1.807) is 0 Å². The molecule has 1 atom stereocenters. The molecule has 1 aliphatic heterocycles. The fourth-order valence-electron chi connectivity index (χ4n) is 2.23. The monoisotopic (exact) mass is 196 g/mol. The highest BCUT2D eigenvalue weighted by Crippen LogP contribution is 2.22. The van der Waals surface area contributed by atoms with E-state index in [1.165, 1.54) is 12.8 Å². The summed E-state index contributed by atoms with van der Waals surface area (Å²) in [5, 5.41) is 3.69. The average Bonchev–Trinajstić information content (AvgIpc) is 2.22. The first-order valence-corrected chi connectivity index (χ1v) is 5.77. The molecule has 0 aromatic rings. The van der Waals surface area contributed by atoms with Crippen LogP contribution in [0.15, 0.2) is 12.7 Å². The molecular weight excluding hydrogens is 172 g/mol. The van der Waals surface area contributed by atoms with E-state index < -0.39 is 0 Å². The predicted molar refractivity (Wildman–Crippen MR) is 62.5 cm³/mol. The van der Waals surface area contributed by atoms with Crippen LogP contribution >= 0.6 is 0 Å². The SMILES string of the molecule is C=CCN1CC(CC)(CC)NCC1C. The standard InChI is InChI=1S/C12H24N2/c1-5-8-14-10-12(6-2,7-3)13-9-11(14)4/h5,11,13H,1,6-10H2,2-4H3. The number of nitrogens with one attached hydrogen (secondary N) is 1. The van der Waals surface area contributed by atoms with E-state index in [-0.39, 0.29) is 0 Å². The molecular formula is C12H24N2. The predicted octanol–water partition coefficient (Wildman–Crippen LogP) is 2.02.